The fourth-order valence-corrected chi connectivity index (χ4v) is 1.01. The molecule has 0 heterocycles. The lowest BCUT2D eigenvalue weighted by Crippen LogP contribution is -2.08. The third-order valence-corrected chi connectivity index (χ3v) is 1.63. The molecule has 0 atom stereocenters. The molecule has 0 aliphatic rings. The molecule has 0 N–H and O–H groups in total. The summed E-state index contributed by atoms with van der Waals surface area (Å²) in [7, 11) is 0. The summed E-state index contributed by atoms with van der Waals surface area (Å²) >= 11 is 5.35. The molecule has 0 saturated heterocycles. The molecule has 1 radical (unpaired) electrons. The highest BCUT2D eigenvalue weighted by atomic mass is 35.5. The van der Waals surface area contributed by atoms with Gasteiger partial charge in [-0.15, -0.1) is 0 Å². The Morgan fingerprint density at radius 1 is 1.31 bits per heavy atom. The minimum Gasteiger partial charge on any atom is -0.285 e. The van der Waals surface area contributed by atoms with Crippen molar-refractivity contribution in [3.05, 3.63) is 34.3 Å². The third-order valence-electron chi connectivity index (χ3n) is 1.40. The number of halogens is 4. The Morgan fingerprint density at radius 3 is 2.38 bits per heavy atom. The molecule has 1 aromatic rings. The van der Waals surface area contributed by atoms with Crippen molar-refractivity contribution in [2.45, 2.75) is 6.18 Å². The van der Waals surface area contributed by atoms with Crippen molar-refractivity contribution in [3.63, 3.8) is 0 Å². The second-order valence-electron chi connectivity index (χ2n) is 2.29. The monoisotopic (exact) mass is 207 g/mol. The predicted molar refractivity (Wildman–Crippen MR) is 41.2 cm³/mol. The Balaban J connectivity index is 3.32. The SMILES string of the molecule is O=[C]c1ccc(Cl)cc1C(F)(F)F. The number of hydrogen-bond donors (Lipinski definition) is 0. The average molecular weight is 208 g/mol. The van der Waals surface area contributed by atoms with Gasteiger partial charge in [0, 0.05) is 10.6 Å². The Hall–Kier alpha value is -1.03. The molecule has 69 valence electrons. The van der Waals surface area contributed by atoms with Crippen LogP contribution in [-0.2, 0) is 11.0 Å². The van der Waals surface area contributed by atoms with E-state index in [0.717, 1.165) is 6.07 Å². The molecular formula is C8H3ClF3O. The van der Waals surface area contributed by atoms with E-state index in [2.05, 4.69) is 0 Å². The van der Waals surface area contributed by atoms with Crippen molar-refractivity contribution in [1.82, 2.24) is 0 Å². The van der Waals surface area contributed by atoms with E-state index >= 15 is 0 Å². The number of hydrogen-bond acceptors (Lipinski definition) is 1. The Kier molecular flexibility index (Phi) is 2.61. The number of rotatable bonds is 1. The van der Waals surface area contributed by atoms with E-state index in [-0.39, 0.29) is 5.02 Å². The molecule has 0 bridgehead atoms. The van der Waals surface area contributed by atoms with E-state index in [0.29, 0.717) is 6.07 Å². The number of carbonyl (C=O) groups excluding carboxylic acids is 1. The quantitative estimate of drug-likeness (QED) is 0.692. The average Bonchev–Trinajstić information content (AvgIpc) is 2.03. The van der Waals surface area contributed by atoms with Gasteiger partial charge in [0.2, 0.25) is 6.29 Å². The summed E-state index contributed by atoms with van der Waals surface area (Å²) < 4.78 is 36.5. The fraction of sp³-hybridized carbons (Fsp3) is 0.125. The lowest BCUT2D eigenvalue weighted by molar-refractivity contribution is -0.137. The molecule has 13 heavy (non-hydrogen) atoms. The first kappa shape index (κ1) is 10.1. The van der Waals surface area contributed by atoms with Crippen LogP contribution in [0.3, 0.4) is 0 Å². The molecule has 0 unspecified atom stereocenters. The highest BCUT2D eigenvalue weighted by molar-refractivity contribution is 6.30. The Morgan fingerprint density at radius 2 is 1.92 bits per heavy atom. The number of benzene rings is 1. The van der Waals surface area contributed by atoms with Gasteiger partial charge in [0.05, 0.1) is 5.56 Å². The van der Waals surface area contributed by atoms with E-state index < -0.39 is 17.3 Å². The van der Waals surface area contributed by atoms with Gasteiger partial charge in [0.25, 0.3) is 0 Å². The second-order valence-corrected chi connectivity index (χ2v) is 2.73. The van der Waals surface area contributed by atoms with Gasteiger partial charge in [-0.2, -0.15) is 13.2 Å². The molecule has 0 aliphatic heterocycles. The molecule has 0 fully saturated rings. The molecule has 0 aromatic heterocycles. The second kappa shape index (κ2) is 3.38. The van der Waals surface area contributed by atoms with Crippen LogP contribution in [0.2, 0.25) is 5.02 Å². The van der Waals surface area contributed by atoms with Crippen LogP contribution in [0.5, 0.6) is 0 Å². The number of alkyl halides is 3. The first-order valence-corrected chi connectivity index (χ1v) is 3.58. The molecule has 1 aromatic carbocycles. The summed E-state index contributed by atoms with van der Waals surface area (Å²) in [6.07, 6.45) is -3.37. The molecule has 0 saturated carbocycles. The molecule has 0 amide bonds. The summed E-state index contributed by atoms with van der Waals surface area (Å²) in [5.74, 6) is 0. The molecule has 0 spiro atoms. The largest absolute Gasteiger partial charge is 0.417 e. The summed E-state index contributed by atoms with van der Waals surface area (Å²) in [5, 5.41) is -0.0636. The maximum absolute atomic E-state index is 12.2. The van der Waals surface area contributed by atoms with Gasteiger partial charge in [0.1, 0.15) is 0 Å². The summed E-state index contributed by atoms with van der Waals surface area (Å²) in [5.41, 5.74) is -1.59. The highest BCUT2D eigenvalue weighted by Gasteiger charge is 2.33. The fourth-order valence-electron chi connectivity index (χ4n) is 0.840. The van der Waals surface area contributed by atoms with Crippen molar-refractivity contribution >= 4 is 17.9 Å². The van der Waals surface area contributed by atoms with Crippen molar-refractivity contribution in [3.8, 4) is 0 Å². The Labute approximate surface area is 77.1 Å². The van der Waals surface area contributed by atoms with Crippen molar-refractivity contribution < 1.29 is 18.0 Å². The highest BCUT2D eigenvalue weighted by Crippen LogP contribution is 2.32. The molecule has 1 nitrogen and oxygen atoms in total. The van der Waals surface area contributed by atoms with Gasteiger partial charge in [-0.05, 0) is 18.2 Å². The van der Waals surface area contributed by atoms with Gasteiger partial charge in [-0.25, -0.2) is 0 Å². The van der Waals surface area contributed by atoms with Crippen molar-refractivity contribution in [2.75, 3.05) is 0 Å². The molecule has 1 rings (SSSR count). The van der Waals surface area contributed by atoms with Crippen LogP contribution in [0, 0.1) is 0 Å². The van der Waals surface area contributed by atoms with Crippen LogP contribution in [0.15, 0.2) is 18.2 Å². The predicted octanol–water partition coefficient (Wildman–Crippen LogP) is 2.82. The summed E-state index contributed by atoms with van der Waals surface area (Å²) in [4.78, 5) is 10.1. The summed E-state index contributed by atoms with van der Waals surface area (Å²) in [6, 6.07) is 2.89. The Bertz CT molecular complexity index is 333. The molecular weight excluding hydrogens is 205 g/mol. The zero-order valence-electron chi connectivity index (χ0n) is 6.15. The first-order chi connectivity index (χ1) is 5.95. The van der Waals surface area contributed by atoms with Crippen LogP contribution >= 0.6 is 11.6 Å². The van der Waals surface area contributed by atoms with E-state index in [9.17, 15) is 18.0 Å². The minimum atomic E-state index is -4.57. The van der Waals surface area contributed by atoms with Crippen molar-refractivity contribution in [2.24, 2.45) is 0 Å². The first-order valence-electron chi connectivity index (χ1n) is 3.20. The van der Waals surface area contributed by atoms with Crippen LogP contribution in [0.1, 0.15) is 11.1 Å². The lowest BCUT2D eigenvalue weighted by Gasteiger charge is -2.08. The molecule has 0 aliphatic carbocycles. The van der Waals surface area contributed by atoms with Gasteiger partial charge in [-0.3, -0.25) is 4.79 Å². The van der Waals surface area contributed by atoms with Gasteiger partial charge >= 0.3 is 6.18 Å². The summed E-state index contributed by atoms with van der Waals surface area (Å²) in [6.45, 7) is 0. The van der Waals surface area contributed by atoms with Crippen molar-refractivity contribution in [1.29, 1.82) is 0 Å². The van der Waals surface area contributed by atoms with E-state index in [1.807, 2.05) is 0 Å². The van der Waals surface area contributed by atoms with E-state index in [1.54, 1.807) is 0 Å². The maximum atomic E-state index is 12.2. The van der Waals surface area contributed by atoms with Crippen LogP contribution in [0.4, 0.5) is 13.2 Å². The normalized spacial score (nSPS) is 11.4. The van der Waals surface area contributed by atoms with Gasteiger partial charge in [-0.1, -0.05) is 11.6 Å². The minimum absolute atomic E-state index is 0.0636. The van der Waals surface area contributed by atoms with Gasteiger partial charge in [0.15, 0.2) is 0 Å². The molecule has 5 heteroatoms. The van der Waals surface area contributed by atoms with E-state index in [4.69, 9.17) is 11.6 Å². The third kappa shape index (κ3) is 2.21. The lowest BCUT2D eigenvalue weighted by atomic mass is 10.1. The maximum Gasteiger partial charge on any atom is 0.417 e. The van der Waals surface area contributed by atoms with E-state index in [1.165, 1.54) is 12.4 Å². The topological polar surface area (TPSA) is 17.1 Å². The van der Waals surface area contributed by atoms with Gasteiger partial charge < -0.3 is 0 Å². The smallest absolute Gasteiger partial charge is 0.285 e. The zero-order valence-corrected chi connectivity index (χ0v) is 6.91. The van der Waals surface area contributed by atoms with Crippen LogP contribution in [-0.4, -0.2) is 6.29 Å². The van der Waals surface area contributed by atoms with Crippen LogP contribution < -0.4 is 0 Å². The standard InChI is InChI=1S/C8H3ClF3O/c9-6-2-1-5(4-13)7(3-6)8(10,11)12/h1-3H. The zero-order chi connectivity index (χ0) is 10.1. The van der Waals surface area contributed by atoms with Crippen LogP contribution in [0.25, 0.3) is 0 Å².